The summed E-state index contributed by atoms with van der Waals surface area (Å²) in [7, 11) is -3.98. The fourth-order valence-corrected chi connectivity index (χ4v) is 6.00. The standard InChI is InChI=1S/C29H30N4O5S/c1-19(2)17-32-20(3)31-39(36,37)27-15-22(13-14-24(27)32)29(35)33-18-26(38-25-12-8-7-11-23(25)33)28(34)30-16-21-9-5-4-6-10-21/h4-15,19,26H,16-18H2,1-3H3,(H,30,34)/t26-/m0/s1. The van der Waals surface area contributed by atoms with Crippen molar-refractivity contribution in [3.05, 3.63) is 83.9 Å². The molecule has 1 atom stereocenters. The highest BCUT2D eigenvalue weighted by Gasteiger charge is 2.36. The van der Waals surface area contributed by atoms with Gasteiger partial charge >= 0.3 is 0 Å². The number of para-hydroxylation sites is 2. The van der Waals surface area contributed by atoms with E-state index in [0.717, 1.165) is 5.56 Å². The molecule has 5 rings (SSSR count). The van der Waals surface area contributed by atoms with Gasteiger partial charge in [0.15, 0.2) is 6.10 Å². The summed E-state index contributed by atoms with van der Waals surface area (Å²) in [4.78, 5) is 30.2. The highest BCUT2D eigenvalue weighted by Crippen LogP contribution is 2.36. The van der Waals surface area contributed by atoms with Gasteiger partial charge in [0.25, 0.3) is 21.8 Å². The van der Waals surface area contributed by atoms with E-state index in [1.807, 2.05) is 49.1 Å². The van der Waals surface area contributed by atoms with Gasteiger partial charge in [0, 0.05) is 18.7 Å². The minimum Gasteiger partial charge on any atom is -0.477 e. The quantitative estimate of drug-likeness (QED) is 0.501. The summed E-state index contributed by atoms with van der Waals surface area (Å²) in [5, 5.41) is 2.87. The lowest BCUT2D eigenvalue weighted by Crippen LogP contribution is -2.50. The molecule has 0 radical (unpaired) electrons. The van der Waals surface area contributed by atoms with E-state index in [4.69, 9.17) is 4.74 Å². The zero-order valence-corrected chi connectivity index (χ0v) is 22.8. The maximum atomic E-state index is 13.8. The van der Waals surface area contributed by atoms with Crippen molar-refractivity contribution >= 4 is 39.0 Å². The number of carbonyl (C=O) groups excluding carboxylic acids is 2. The zero-order valence-electron chi connectivity index (χ0n) is 22.0. The van der Waals surface area contributed by atoms with E-state index < -0.39 is 22.0 Å². The highest BCUT2D eigenvalue weighted by atomic mass is 32.2. The molecule has 0 fully saturated rings. The molecule has 3 aromatic carbocycles. The number of amidine groups is 1. The van der Waals surface area contributed by atoms with Crippen LogP contribution in [-0.4, -0.2) is 45.3 Å². The molecule has 1 N–H and O–H groups in total. The average Bonchev–Trinajstić information content (AvgIpc) is 2.93. The fourth-order valence-electron chi connectivity index (χ4n) is 4.74. The molecular weight excluding hydrogens is 516 g/mol. The summed E-state index contributed by atoms with van der Waals surface area (Å²) in [5.74, 6) is 0.257. The summed E-state index contributed by atoms with van der Waals surface area (Å²) in [6.45, 7) is 6.62. The van der Waals surface area contributed by atoms with E-state index in [9.17, 15) is 18.0 Å². The number of hydrogen-bond donors (Lipinski definition) is 1. The SMILES string of the molecule is CC1=NS(=O)(=O)c2cc(C(=O)N3C[C@@H](C(=O)NCc4ccccc4)Oc4ccccc43)ccc2N1CC(C)C. The number of fused-ring (bicyclic) bond motifs is 2. The van der Waals surface area contributed by atoms with Crippen LogP contribution in [0.5, 0.6) is 5.75 Å². The Bertz CT molecular complexity index is 1550. The predicted octanol–water partition coefficient (Wildman–Crippen LogP) is 3.99. The lowest BCUT2D eigenvalue weighted by atomic mass is 10.1. The van der Waals surface area contributed by atoms with Crippen LogP contribution in [-0.2, 0) is 21.4 Å². The Morgan fingerprint density at radius 1 is 1.03 bits per heavy atom. The van der Waals surface area contributed by atoms with Crippen LogP contribution in [0, 0.1) is 5.92 Å². The molecule has 3 aromatic rings. The fraction of sp³-hybridized carbons (Fsp3) is 0.276. The van der Waals surface area contributed by atoms with Crippen LogP contribution in [0.2, 0.25) is 0 Å². The third kappa shape index (κ3) is 5.37. The van der Waals surface area contributed by atoms with Crippen molar-refractivity contribution in [3.8, 4) is 5.75 Å². The molecule has 2 aliphatic heterocycles. The largest absolute Gasteiger partial charge is 0.477 e. The first-order chi connectivity index (χ1) is 18.6. The molecule has 0 saturated carbocycles. The van der Waals surface area contributed by atoms with Gasteiger partial charge in [0.1, 0.15) is 16.5 Å². The van der Waals surface area contributed by atoms with E-state index >= 15 is 0 Å². The van der Waals surface area contributed by atoms with Crippen LogP contribution in [0.1, 0.15) is 36.7 Å². The van der Waals surface area contributed by atoms with Crippen LogP contribution in [0.3, 0.4) is 0 Å². The minimum atomic E-state index is -3.98. The van der Waals surface area contributed by atoms with Gasteiger partial charge in [-0.15, -0.1) is 4.40 Å². The number of rotatable bonds is 6. The van der Waals surface area contributed by atoms with E-state index in [-0.39, 0.29) is 28.8 Å². The first-order valence-electron chi connectivity index (χ1n) is 12.8. The van der Waals surface area contributed by atoms with Crippen molar-refractivity contribution in [3.63, 3.8) is 0 Å². The Labute approximate surface area is 228 Å². The maximum Gasteiger partial charge on any atom is 0.286 e. The van der Waals surface area contributed by atoms with Gasteiger partial charge in [-0.3, -0.25) is 9.59 Å². The minimum absolute atomic E-state index is 0.0155. The molecule has 39 heavy (non-hydrogen) atoms. The molecular formula is C29H30N4O5S. The van der Waals surface area contributed by atoms with Crippen molar-refractivity contribution in [2.24, 2.45) is 10.3 Å². The zero-order chi connectivity index (χ0) is 27.7. The van der Waals surface area contributed by atoms with E-state index in [2.05, 4.69) is 9.71 Å². The third-order valence-electron chi connectivity index (χ3n) is 6.59. The second-order valence-electron chi connectivity index (χ2n) is 9.99. The second-order valence-corrected chi connectivity index (χ2v) is 11.6. The Balaban J connectivity index is 1.44. The number of anilines is 2. The van der Waals surface area contributed by atoms with Crippen molar-refractivity contribution < 1.29 is 22.7 Å². The van der Waals surface area contributed by atoms with Crippen molar-refractivity contribution in [2.45, 2.75) is 38.3 Å². The molecule has 10 heteroatoms. The molecule has 0 saturated heterocycles. The summed E-state index contributed by atoms with van der Waals surface area (Å²) in [5.41, 5.74) is 2.12. The number of hydrogen-bond acceptors (Lipinski definition) is 6. The summed E-state index contributed by atoms with van der Waals surface area (Å²) < 4.78 is 35.9. The van der Waals surface area contributed by atoms with Gasteiger partial charge in [0.2, 0.25) is 0 Å². The Morgan fingerprint density at radius 3 is 2.49 bits per heavy atom. The molecule has 0 unspecified atom stereocenters. The van der Waals surface area contributed by atoms with E-state index in [0.29, 0.717) is 36.0 Å². The molecule has 9 nitrogen and oxygen atoms in total. The average molecular weight is 547 g/mol. The van der Waals surface area contributed by atoms with Gasteiger partial charge in [-0.2, -0.15) is 8.42 Å². The van der Waals surface area contributed by atoms with Gasteiger partial charge in [-0.05, 0) is 48.7 Å². The van der Waals surface area contributed by atoms with Crippen molar-refractivity contribution in [1.82, 2.24) is 5.32 Å². The lowest BCUT2D eigenvalue weighted by Gasteiger charge is -2.34. The second kappa shape index (κ2) is 10.5. The summed E-state index contributed by atoms with van der Waals surface area (Å²) in [6.07, 6.45) is -0.942. The monoisotopic (exact) mass is 546 g/mol. The van der Waals surface area contributed by atoms with Crippen LogP contribution < -0.4 is 19.9 Å². The lowest BCUT2D eigenvalue weighted by molar-refractivity contribution is -0.128. The van der Waals surface area contributed by atoms with Gasteiger partial charge < -0.3 is 19.9 Å². The Hall–Kier alpha value is -4.18. The molecule has 0 bridgehead atoms. The maximum absolute atomic E-state index is 13.8. The smallest absolute Gasteiger partial charge is 0.286 e. The third-order valence-corrected chi connectivity index (χ3v) is 7.97. The summed E-state index contributed by atoms with van der Waals surface area (Å²) >= 11 is 0. The first-order valence-corrected chi connectivity index (χ1v) is 14.2. The van der Waals surface area contributed by atoms with Crippen LogP contribution in [0.4, 0.5) is 11.4 Å². The molecule has 2 aliphatic rings. The number of nitrogens with one attached hydrogen (secondary N) is 1. The summed E-state index contributed by atoms with van der Waals surface area (Å²) in [6, 6.07) is 21.1. The Kier molecular flexibility index (Phi) is 7.14. The number of nitrogens with zero attached hydrogens (tertiary/aromatic N) is 3. The molecule has 2 amide bonds. The molecule has 2 heterocycles. The van der Waals surface area contributed by atoms with Gasteiger partial charge in [-0.25, -0.2) is 0 Å². The van der Waals surface area contributed by atoms with Crippen molar-refractivity contribution in [2.75, 3.05) is 22.9 Å². The first kappa shape index (κ1) is 26.4. The van der Waals surface area contributed by atoms with Crippen molar-refractivity contribution in [1.29, 1.82) is 0 Å². The number of ether oxygens (including phenoxy) is 1. The van der Waals surface area contributed by atoms with Gasteiger partial charge in [0.05, 0.1) is 17.9 Å². The number of amides is 2. The molecule has 202 valence electrons. The number of carbonyl (C=O) groups is 2. The van der Waals surface area contributed by atoms with Gasteiger partial charge in [-0.1, -0.05) is 56.3 Å². The van der Waals surface area contributed by atoms with E-state index in [1.165, 1.54) is 11.0 Å². The predicted molar refractivity (Wildman–Crippen MR) is 150 cm³/mol. The molecule has 0 spiro atoms. The topological polar surface area (TPSA) is 108 Å². The Morgan fingerprint density at radius 2 is 1.74 bits per heavy atom. The number of sulfonamides is 1. The number of benzene rings is 3. The van der Waals surface area contributed by atoms with Crippen LogP contribution in [0.25, 0.3) is 0 Å². The highest BCUT2D eigenvalue weighted by molar-refractivity contribution is 7.90. The molecule has 0 aromatic heterocycles. The van der Waals surface area contributed by atoms with E-state index in [1.54, 1.807) is 43.3 Å². The van der Waals surface area contributed by atoms with Crippen LogP contribution >= 0.6 is 0 Å². The molecule has 0 aliphatic carbocycles. The van der Waals surface area contributed by atoms with Crippen LogP contribution in [0.15, 0.2) is 82.1 Å². The normalized spacial score (nSPS) is 17.5.